The molecule has 6 heteroatoms. The van der Waals surface area contributed by atoms with Gasteiger partial charge < -0.3 is 10.4 Å². The third-order valence-electron chi connectivity index (χ3n) is 2.66. The Morgan fingerprint density at radius 3 is 2.35 bits per heavy atom. The molecule has 0 radical (unpaired) electrons. The van der Waals surface area contributed by atoms with Crippen LogP contribution in [0, 0.1) is 0 Å². The normalized spacial score (nSPS) is 11.9. The Bertz CT molecular complexity index is 646. The van der Waals surface area contributed by atoms with Crippen LogP contribution >= 0.6 is 34.8 Å². The van der Waals surface area contributed by atoms with Gasteiger partial charge in [0.15, 0.2) is 6.04 Å². The van der Waals surface area contributed by atoms with Gasteiger partial charge in [-0.1, -0.05) is 46.9 Å². The standard InChI is InChI=1S/C14H10Cl3NO2/c15-8-2-1-3-10(6-8)18-13(14(19)20)11-5-4-9(16)7-12(11)17/h1-7,13,18H,(H,19,20). The van der Waals surface area contributed by atoms with Gasteiger partial charge >= 0.3 is 5.97 Å². The van der Waals surface area contributed by atoms with Crippen LogP contribution in [0.1, 0.15) is 11.6 Å². The molecule has 1 unspecified atom stereocenters. The lowest BCUT2D eigenvalue weighted by Crippen LogP contribution is -2.20. The van der Waals surface area contributed by atoms with E-state index < -0.39 is 12.0 Å². The molecule has 3 nitrogen and oxygen atoms in total. The average Bonchev–Trinajstić information content (AvgIpc) is 2.36. The van der Waals surface area contributed by atoms with Crippen molar-refractivity contribution in [1.82, 2.24) is 0 Å². The summed E-state index contributed by atoms with van der Waals surface area (Å²) >= 11 is 17.7. The number of aliphatic carboxylic acids is 1. The molecular weight excluding hydrogens is 321 g/mol. The van der Waals surface area contributed by atoms with Gasteiger partial charge in [0.2, 0.25) is 0 Å². The number of carboxylic acid groups (broad SMARTS) is 1. The van der Waals surface area contributed by atoms with Crippen LogP contribution < -0.4 is 5.32 Å². The topological polar surface area (TPSA) is 49.3 Å². The Balaban J connectivity index is 2.34. The summed E-state index contributed by atoms with van der Waals surface area (Å²) in [6.07, 6.45) is 0. The molecule has 2 rings (SSSR count). The number of nitrogens with one attached hydrogen (secondary N) is 1. The van der Waals surface area contributed by atoms with Crippen molar-refractivity contribution in [2.75, 3.05) is 5.32 Å². The molecule has 0 aromatic heterocycles. The Morgan fingerprint density at radius 1 is 1.05 bits per heavy atom. The maximum Gasteiger partial charge on any atom is 0.330 e. The zero-order valence-corrected chi connectivity index (χ0v) is 12.4. The van der Waals surface area contributed by atoms with Crippen LogP contribution in [-0.2, 0) is 4.79 Å². The fourth-order valence-electron chi connectivity index (χ4n) is 1.75. The Hall–Kier alpha value is -1.42. The number of carbonyl (C=O) groups is 1. The van der Waals surface area contributed by atoms with E-state index in [9.17, 15) is 9.90 Å². The number of hydrogen-bond donors (Lipinski definition) is 2. The fraction of sp³-hybridized carbons (Fsp3) is 0.0714. The van der Waals surface area contributed by atoms with Gasteiger partial charge in [-0.3, -0.25) is 0 Å². The number of benzene rings is 2. The second-order valence-electron chi connectivity index (χ2n) is 4.09. The van der Waals surface area contributed by atoms with Crippen LogP contribution in [0.2, 0.25) is 15.1 Å². The first-order valence-corrected chi connectivity index (χ1v) is 6.80. The van der Waals surface area contributed by atoms with E-state index in [1.807, 2.05) is 0 Å². The van der Waals surface area contributed by atoms with Gasteiger partial charge in [-0.05, 0) is 30.3 Å². The molecule has 0 aliphatic heterocycles. The van der Waals surface area contributed by atoms with E-state index in [1.54, 1.807) is 36.4 Å². The Labute approximate surface area is 131 Å². The molecule has 0 fully saturated rings. The summed E-state index contributed by atoms with van der Waals surface area (Å²) in [5.41, 5.74) is 1.03. The van der Waals surface area contributed by atoms with Crippen LogP contribution in [0.3, 0.4) is 0 Å². The number of halogens is 3. The highest BCUT2D eigenvalue weighted by Crippen LogP contribution is 2.29. The molecule has 104 valence electrons. The van der Waals surface area contributed by atoms with Crippen molar-refractivity contribution < 1.29 is 9.90 Å². The average molecular weight is 331 g/mol. The van der Waals surface area contributed by atoms with E-state index in [2.05, 4.69) is 5.32 Å². The third kappa shape index (κ3) is 3.57. The fourth-order valence-corrected chi connectivity index (χ4v) is 2.46. The smallest absolute Gasteiger partial charge is 0.330 e. The van der Waals surface area contributed by atoms with Crippen LogP contribution in [0.25, 0.3) is 0 Å². The van der Waals surface area contributed by atoms with Crippen molar-refractivity contribution in [1.29, 1.82) is 0 Å². The van der Waals surface area contributed by atoms with E-state index in [1.165, 1.54) is 6.07 Å². The summed E-state index contributed by atoms with van der Waals surface area (Å²) < 4.78 is 0. The molecule has 0 aliphatic carbocycles. The van der Waals surface area contributed by atoms with Crippen LogP contribution in [0.4, 0.5) is 5.69 Å². The van der Waals surface area contributed by atoms with Gasteiger partial charge in [0, 0.05) is 26.3 Å². The van der Waals surface area contributed by atoms with Gasteiger partial charge in [-0.25, -0.2) is 4.79 Å². The number of hydrogen-bond acceptors (Lipinski definition) is 2. The van der Waals surface area contributed by atoms with Crippen molar-refractivity contribution in [2.45, 2.75) is 6.04 Å². The molecule has 2 aromatic carbocycles. The van der Waals surface area contributed by atoms with Crippen molar-refractivity contribution in [3.05, 3.63) is 63.1 Å². The van der Waals surface area contributed by atoms with Gasteiger partial charge in [0.25, 0.3) is 0 Å². The highest BCUT2D eigenvalue weighted by atomic mass is 35.5. The lowest BCUT2D eigenvalue weighted by molar-refractivity contribution is -0.138. The van der Waals surface area contributed by atoms with Gasteiger partial charge in [-0.2, -0.15) is 0 Å². The molecule has 0 saturated carbocycles. The summed E-state index contributed by atoms with van der Waals surface area (Å²) in [5.74, 6) is -1.05. The highest BCUT2D eigenvalue weighted by molar-refractivity contribution is 6.35. The first-order chi connectivity index (χ1) is 9.47. The minimum absolute atomic E-state index is 0.291. The molecule has 0 spiro atoms. The highest BCUT2D eigenvalue weighted by Gasteiger charge is 2.22. The van der Waals surface area contributed by atoms with Crippen LogP contribution in [-0.4, -0.2) is 11.1 Å². The maximum absolute atomic E-state index is 11.4. The summed E-state index contributed by atoms with van der Waals surface area (Å²) in [6, 6.07) is 10.5. The number of anilines is 1. The minimum atomic E-state index is -1.05. The molecule has 0 amide bonds. The molecular formula is C14H10Cl3NO2. The summed E-state index contributed by atoms with van der Waals surface area (Å²) in [4.78, 5) is 11.4. The molecule has 2 N–H and O–H groups in total. The van der Waals surface area contributed by atoms with E-state index >= 15 is 0 Å². The lowest BCUT2D eigenvalue weighted by Gasteiger charge is -2.17. The molecule has 0 aliphatic rings. The van der Waals surface area contributed by atoms with E-state index in [0.717, 1.165) is 0 Å². The molecule has 0 saturated heterocycles. The van der Waals surface area contributed by atoms with E-state index in [-0.39, 0.29) is 0 Å². The molecule has 0 bridgehead atoms. The van der Waals surface area contributed by atoms with Gasteiger partial charge in [0.05, 0.1) is 0 Å². The Morgan fingerprint density at radius 2 is 1.75 bits per heavy atom. The number of carboxylic acids is 1. The van der Waals surface area contributed by atoms with Crippen LogP contribution in [0.5, 0.6) is 0 Å². The molecule has 20 heavy (non-hydrogen) atoms. The zero-order chi connectivity index (χ0) is 14.7. The monoisotopic (exact) mass is 329 g/mol. The molecule has 2 aromatic rings. The van der Waals surface area contributed by atoms with Crippen molar-refractivity contribution in [3.8, 4) is 0 Å². The predicted octanol–water partition coefficient (Wildman–Crippen LogP) is 4.88. The SMILES string of the molecule is O=C(O)C(Nc1cccc(Cl)c1)c1ccc(Cl)cc1Cl. The summed E-state index contributed by atoms with van der Waals surface area (Å²) in [5, 5.41) is 13.5. The molecule has 1 atom stereocenters. The van der Waals surface area contributed by atoms with Gasteiger partial charge in [-0.15, -0.1) is 0 Å². The predicted molar refractivity (Wildman–Crippen MR) is 81.9 cm³/mol. The van der Waals surface area contributed by atoms with Gasteiger partial charge in [0.1, 0.15) is 0 Å². The van der Waals surface area contributed by atoms with Crippen molar-refractivity contribution in [2.24, 2.45) is 0 Å². The first-order valence-electron chi connectivity index (χ1n) is 5.67. The first kappa shape index (κ1) is 15.0. The summed E-state index contributed by atoms with van der Waals surface area (Å²) in [6.45, 7) is 0. The maximum atomic E-state index is 11.4. The quantitative estimate of drug-likeness (QED) is 0.839. The number of rotatable bonds is 4. The van der Waals surface area contributed by atoms with Crippen LogP contribution in [0.15, 0.2) is 42.5 Å². The third-order valence-corrected chi connectivity index (χ3v) is 3.45. The van der Waals surface area contributed by atoms with E-state index in [0.29, 0.717) is 26.3 Å². The second kappa shape index (κ2) is 6.35. The van der Waals surface area contributed by atoms with Crippen molar-refractivity contribution in [3.63, 3.8) is 0 Å². The Kier molecular flexibility index (Phi) is 4.76. The van der Waals surface area contributed by atoms with Crippen molar-refractivity contribution >= 4 is 46.5 Å². The summed E-state index contributed by atoms with van der Waals surface area (Å²) in [7, 11) is 0. The minimum Gasteiger partial charge on any atom is -0.479 e. The molecule has 0 heterocycles. The van der Waals surface area contributed by atoms with E-state index in [4.69, 9.17) is 34.8 Å². The second-order valence-corrected chi connectivity index (χ2v) is 5.37. The largest absolute Gasteiger partial charge is 0.479 e. The zero-order valence-electron chi connectivity index (χ0n) is 10.1. The lowest BCUT2D eigenvalue weighted by atomic mass is 10.1.